The van der Waals surface area contributed by atoms with Gasteiger partial charge in [-0.25, -0.2) is 4.39 Å². The van der Waals surface area contributed by atoms with Gasteiger partial charge in [-0.2, -0.15) is 5.26 Å². The van der Waals surface area contributed by atoms with Crippen molar-refractivity contribution in [1.29, 1.82) is 5.26 Å². The van der Waals surface area contributed by atoms with E-state index in [1.54, 1.807) is 4.90 Å². The molecule has 0 bridgehead atoms. The third kappa shape index (κ3) is 6.00. The molecule has 3 nitrogen and oxygen atoms in total. The third-order valence-electron chi connectivity index (χ3n) is 5.60. The van der Waals surface area contributed by atoms with E-state index in [2.05, 4.69) is 23.5 Å². The number of anilines is 1. The van der Waals surface area contributed by atoms with Crippen LogP contribution in [0.15, 0.2) is 48.6 Å². The van der Waals surface area contributed by atoms with Crippen LogP contribution in [0.3, 0.4) is 0 Å². The van der Waals surface area contributed by atoms with E-state index in [0.29, 0.717) is 18.7 Å². The van der Waals surface area contributed by atoms with Crippen molar-refractivity contribution in [3.63, 3.8) is 0 Å². The van der Waals surface area contributed by atoms with Crippen molar-refractivity contribution in [1.82, 2.24) is 0 Å². The van der Waals surface area contributed by atoms with Gasteiger partial charge in [-0.05, 0) is 60.4 Å². The van der Waals surface area contributed by atoms with E-state index in [0.717, 1.165) is 60.6 Å². The highest BCUT2D eigenvalue weighted by molar-refractivity contribution is 5.53. The standard InChI is InChI=1S/C24H24F4N2O/c1-16(17(2)14-29)5-6-18-7-8-20-15-30(11-3-4-19(20)12-18)23-13-21(9-10-22(23)25)31-24(26,27)28/h7-10,12-13,16H,2-6,11,15H2,1H3. The molecule has 164 valence electrons. The molecule has 1 aliphatic heterocycles. The predicted octanol–water partition coefficient (Wildman–Crippen LogP) is 6.33. The summed E-state index contributed by atoms with van der Waals surface area (Å²) >= 11 is 0. The molecule has 1 unspecified atom stereocenters. The Labute approximate surface area is 179 Å². The Hall–Kier alpha value is -3.01. The molecule has 31 heavy (non-hydrogen) atoms. The summed E-state index contributed by atoms with van der Waals surface area (Å²) in [5.41, 5.74) is 4.02. The van der Waals surface area contributed by atoms with Gasteiger partial charge in [-0.1, -0.05) is 31.7 Å². The van der Waals surface area contributed by atoms with Gasteiger partial charge in [-0.3, -0.25) is 0 Å². The molecule has 2 aromatic carbocycles. The summed E-state index contributed by atoms with van der Waals surface area (Å²) in [4.78, 5) is 1.75. The minimum absolute atomic E-state index is 0.0996. The van der Waals surface area contributed by atoms with Gasteiger partial charge in [0, 0.05) is 24.7 Å². The Bertz CT molecular complexity index is 994. The molecule has 0 spiro atoms. The zero-order valence-corrected chi connectivity index (χ0v) is 17.3. The lowest BCUT2D eigenvalue weighted by atomic mass is 9.93. The Morgan fingerprint density at radius 3 is 2.71 bits per heavy atom. The van der Waals surface area contributed by atoms with E-state index in [1.807, 2.05) is 19.1 Å². The Balaban J connectivity index is 1.76. The molecular weight excluding hydrogens is 408 g/mol. The molecule has 0 amide bonds. The van der Waals surface area contributed by atoms with Crippen LogP contribution in [0.25, 0.3) is 0 Å². The zero-order valence-electron chi connectivity index (χ0n) is 17.3. The number of nitriles is 1. The number of rotatable bonds is 6. The van der Waals surface area contributed by atoms with Crippen molar-refractivity contribution in [3.8, 4) is 11.8 Å². The zero-order chi connectivity index (χ0) is 22.6. The van der Waals surface area contributed by atoms with E-state index in [1.165, 1.54) is 0 Å². The molecule has 7 heteroatoms. The largest absolute Gasteiger partial charge is 0.573 e. The third-order valence-corrected chi connectivity index (χ3v) is 5.60. The maximum atomic E-state index is 14.4. The molecule has 0 fully saturated rings. The number of hydrogen-bond acceptors (Lipinski definition) is 3. The molecule has 0 aliphatic carbocycles. The number of aryl methyl sites for hydroxylation is 2. The topological polar surface area (TPSA) is 36.3 Å². The van der Waals surface area contributed by atoms with E-state index in [9.17, 15) is 17.6 Å². The first kappa shape index (κ1) is 22.7. The van der Waals surface area contributed by atoms with Gasteiger partial charge in [0.05, 0.1) is 11.8 Å². The number of fused-ring (bicyclic) bond motifs is 1. The summed E-state index contributed by atoms with van der Waals surface area (Å²) in [5, 5.41) is 8.96. The number of alkyl halides is 3. The fourth-order valence-electron chi connectivity index (χ4n) is 3.77. The van der Waals surface area contributed by atoms with Gasteiger partial charge in [0.25, 0.3) is 0 Å². The molecular formula is C24H24F4N2O. The fourth-order valence-corrected chi connectivity index (χ4v) is 3.77. The minimum Gasteiger partial charge on any atom is -0.406 e. The van der Waals surface area contributed by atoms with E-state index < -0.39 is 17.9 Å². The average Bonchev–Trinajstić information content (AvgIpc) is 2.93. The second-order valence-electron chi connectivity index (χ2n) is 7.87. The summed E-state index contributed by atoms with van der Waals surface area (Å²) in [6.07, 6.45) is -1.62. The number of ether oxygens (including phenoxy) is 1. The lowest BCUT2D eigenvalue weighted by Gasteiger charge is -2.24. The van der Waals surface area contributed by atoms with Crippen LogP contribution in [0.5, 0.6) is 5.75 Å². The second-order valence-corrected chi connectivity index (χ2v) is 7.87. The monoisotopic (exact) mass is 432 g/mol. The highest BCUT2D eigenvalue weighted by atomic mass is 19.4. The number of nitrogens with zero attached hydrogens (tertiary/aromatic N) is 2. The summed E-state index contributed by atoms with van der Waals surface area (Å²) in [6, 6.07) is 11.3. The summed E-state index contributed by atoms with van der Waals surface area (Å²) in [5.74, 6) is -0.897. The van der Waals surface area contributed by atoms with Crippen LogP contribution in [-0.2, 0) is 19.4 Å². The highest BCUT2D eigenvalue weighted by Crippen LogP contribution is 2.32. The van der Waals surface area contributed by atoms with Crippen LogP contribution in [0.4, 0.5) is 23.2 Å². The van der Waals surface area contributed by atoms with Gasteiger partial charge in [0.2, 0.25) is 0 Å². The smallest absolute Gasteiger partial charge is 0.406 e. The van der Waals surface area contributed by atoms with Gasteiger partial charge in [-0.15, -0.1) is 13.2 Å². The summed E-state index contributed by atoms with van der Waals surface area (Å²) in [6.45, 7) is 6.68. The van der Waals surface area contributed by atoms with Crippen LogP contribution < -0.4 is 9.64 Å². The minimum atomic E-state index is -4.83. The quantitative estimate of drug-likeness (QED) is 0.396. The predicted molar refractivity (Wildman–Crippen MR) is 111 cm³/mol. The maximum absolute atomic E-state index is 14.4. The number of benzene rings is 2. The normalized spacial score (nSPS) is 14.9. The Morgan fingerprint density at radius 2 is 2.00 bits per heavy atom. The number of hydrogen-bond donors (Lipinski definition) is 0. The molecule has 0 saturated carbocycles. The summed E-state index contributed by atoms with van der Waals surface area (Å²) in [7, 11) is 0. The molecule has 1 heterocycles. The molecule has 0 saturated heterocycles. The van der Waals surface area contributed by atoms with Crippen molar-refractivity contribution in [2.24, 2.45) is 5.92 Å². The maximum Gasteiger partial charge on any atom is 0.573 e. The van der Waals surface area contributed by atoms with Crippen molar-refractivity contribution in [2.45, 2.75) is 45.5 Å². The molecule has 0 radical (unpaired) electrons. The summed E-state index contributed by atoms with van der Waals surface area (Å²) < 4.78 is 56.0. The van der Waals surface area contributed by atoms with Gasteiger partial charge >= 0.3 is 6.36 Å². The molecule has 0 N–H and O–H groups in total. The SMILES string of the molecule is C=C(C#N)C(C)CCc1ccc2c(c1)CCCN(c1cc(OC(F)(F)F)ccc1F)C2. The van der Waals surface area contributed by atoms with Crippen molar-refractivity contribution < 1.29 is 22.3 Å². The van der Waals surface area contributed by atoms with E-state index in [4.69, 9.17) is 5.26 Å². The van der Waals surface area contributed by atoms with Crippen molar-refractivity contribution in [3.05, 3.63) is 71.1 Å². The van der Waals surface area contributed by atoms with Gasteiger partial charge in [0.1, 0.15) is 11.6 Å². The number of halogens is 4. The lowest BCUT2D eigenvalue weighted by Crippen LogP contribution is -2.24. The molecule has 2 aromatic rings. The molecule has 1 aliphatic rings. The number of allylic oxidation sites excluding steroid dienone is 1. The Morgan fingerprint density at radius 1 is 1.23 bits per heavy atom. The highest BCUT2D eigenvalue weighted by Gasteiger charge is 2.31. The van der Waals surface area contributed by atoms with Gasteiger partial charge in [0.15, 0.2) is 0 Å². The van der Waals surface area contributed by atoms with Crippen molar-refractivity contribution >= 4 is 5.69 Å². The van der Waals surface area contributed by atoms with E-state index >= 15 is 0 Å². The first-order chi connectivity index (χ1) is 14.7. The molecule has 1 atom stereocenters. The average molecular weight is 432 g/mol. The molecule has 0 aromatic heterocycles. The van der Waals surface area contributed by atoms with Crippen LogP contribution in [0.2, 0.25) is 0 Å². The lowest BCUT2D eigenvalue weighted by molar-refractivity contribution is -0.274. The first-order valence-electron chi connectivity index (χ1n) is 10.2. The van der Waals surface area contributed by atoms with Gasteiger partial charge < -0.3 is 9.64 Å². The van der Waals surface area contributed by atoms with Crippen LogP contribution in [-0.4, -0.2) is 12.9 Å². The van der Waals surface area contributed by atoms with Crippen LogP contribution in [0, 0.1) is 23.1 Å². The van der Waals surface area contributed by atoms with E-state index in [-0.39, 0.29) is 11.6 Å². The first-order valence-corrected chi connectivity index (χ1v) is 10.2. The Kier molecular flexibility index (Phi) is 6.89. The van der Waals surface area contributed by atoms with Crippen molar-refractivity contribution in [2.75, 3.05) is 11.4 Å². The molecule has 3 rings (SSSR count). The van der Waals surface area contributed by atoms with Crippen LogP contribution >= 0.6 is 0 Å². The van der Waals surface area contributed by atoms with Crippen LogP contribution in [0.1, 0.15) is 36.5 Å². The fraction of sp³-hybridized carbons (Fsp3) is 0.375. The second kappa shape index (κ2) is 9.42.